The number of alkyl halides is 1. The minimum atomic E-state index is 0.317. The Morgan fingerprint density at radius 2 is 1.93 bits per heavy atom. The maximum Gasteiger partial charge on any atom is 0.119 e. The van der Waals surface area contributed by atoms with E-state index in [0.29, 0.717) is 6.10 Å². The van der Waals surface area contributed by atoms with E-state index in [1.165, 1.54) is 12.0 Å². The van der Waals surface area contributed by atoms with Crippen LogP contribution in [0.15, 0.2) is 24.3 Å². The second-order valence-corrected chi connectivity index (χ2v) is 4.59. The zero-order chi connectivity index (χ0) is 11.1. The first-order valence-corrected chi connectivity index (χ1v) is 6.70. The summed E-state index contributed by atoms with van der Waals surface area (Å²) in [5.74, 6) is 0.981. The molecule has 2 heteroatoms. The first-order valence-electron chi connectivity index (χ1n) is 5.57. The summed E-state index contributed by atoms with van der Waals surface area (Å²) in [5, 5.41) is 1.01. The number of rotatable bonds is 6. The molecule has 0 bridgehead atoms. The Balaban J connectivity index is 2.48. The lowest BCUT2D eigenvalue weighted by Crippen LogP contribution is -2.10. The fraction of sp³-hybridized carbons (Fsp3) is 0.538. The molecule has 0 saturated carbocycles. The molecule has 0 aliphatic carbocycles. The number of hydrogen-bond acceptors (Lipinski definition) is 1. The molecule has 1 rings (SSSR count). The third kappa shape index (κ3) is 4.70. The largest absolute Gasteiger partial charge is 0.491 e. The molecule has 1 aromatic carbocycles. The van der Waals surface area contributed by atoms with Gasteiger partial charge in [0.1, 0.15) is 5.75 Å². The number of hydrogen-bond donors (Lipinski definition) is 0. The van der Waals surface area contributed by atoms with E-state index in [2.05, 4.69) is 54.0 Å². The Morgan fingerprint density at radius 1 is 1.27 bits per heavy atom. The SMILES string of the molecule is CCCC(C)Oc1ccc(CCBr)cc1. The van der Waals surface area contributed by atoms with Gasteiger partial charge >= 0.3 is 0 Å². The summed E-state index contributed by atoms with van der Waals surface area (Å²) in [7, 11) is 0. The van der Waals surface area contributed by atoms with Gasteiger partial charge in [0.2, 0.25) is 0 Å². The summed E-state index contributed by atoms with van der Waals surface area (Å²) < 4.78 is 5.78. The van der Waals surface area contributed by atoms with Crippen LogP contribution in [0.4, 0.5) is 0 Å². The molecule has 0 aromatic heterocycles. The van der Waals surface area contributed by atoms with Crippen LogP contribution in [0.3, 0.4) is 0 Å². The summed E-state index contributed by atoms with van der Waals surface area (Å²) in [6.07, 6.45) is 3.67. The smallest absolute Gasteiger partial charge is 0.119 e. The lowest BCUT2D eigenvalue weighted by molar-refractivity contribution is 0.210. The van der Waals surface area contributed by atoms with Crippen molar-refractivity contribution in [3.63, 3.8) is 0 Å². The van der Waals surface area contributed by atoms with Gasteiger partial charge in [0, 0.05) is 5.33 Å². The van der Waals surface area contributed by atoms with Gasteiger partial charge in [0.15, 0.2) is 0 Å². The van der Waals surface area contributed by atoms with Crippen molar-refractivity contribution in [2.45, 2.75) is 39.2 Å². The average Bonchev–Trinajstić information content (AvgIpc) is 2.22. The Kier molecular flexibility index (Phi) is 5.77. The van der Waals surface area contributed by atoms with Crippen LogP contribution < -0.4 is 4.74 Å². The topological polar surface area (TPSA) is 9.23 Å². The van der Waals surface area contributed by atoms with Crippen LogP contribution in [-0.2, 0) is 6.42 Å². The van der Waals surface area contributed by atoms with E-state index in [0.717, 1.165) is 23.9 Å². The molecule has 1 atom stereocenters. The van der Waals surface area contributed by atoms with Crippen molar-refractivity contribution in [3.8, 4) is 5.75 Å². The number of ether oxygens (including phenoxy) is 1. The summed E-state index contributed by atoms with van der Waals surface area (Å²) in [4.78, 5) is 0. The molecule has 0 saturated heterocycles. The second kappa shape index (κ2) is 6.89. The number of benzene rings is 1. The van der Waals surface area contributed by atoms with Crippen molar-refractivity contribution in [2.75, 3.05) is 5.33 Å². The Hall–Kier alpha value is -0.500. The Morgan fingerprint density at radius 3 is 2.47 bits per heavy atom. The lowest BCUT2D eigenvalue weighted by atomic mass is 10.1. The molecule has 1 nitrogen and oxygen atoms in total. The molecule has 1 aromatic rings. The van der Waals surface area contributed by atoms with E-state index >= 15 is 0 Å². The number of aryl methyl sites for hydroxylation is 1. The molecule has 0 amide bonds. The molecule has 15 heavy (non-hydrogen) atoms. The monoisotopic (exact) mass is 270 g/mol. The van der Waals surface area contributed by atoms with E-state index < -0.39 is 0 Å². The summed E-state index contributed by atoms with van der Waals surface area (Å²) in [6, 6.07) is 8.39. The van der Waals surface area contributed by atoms with Crippen molar-refractivity contribution in [3.05, 3.63) is 29.8 Å². The standard InChI is InChI=1S/C13H19BrO/c1-3-4-11(2)15-13-7-5-12(6-8-13)9-10-14/h5-8,11H,3-4,9-10H2,1-2H3. The van der Waals surface area contributed by atoms with E-state index in [-0.39, 0.29) is 0 Å². The van der Waals surface area contributed by atoms with Gasteiger partial charge in [-0.25, -0.2) is 0 Å². The van der Waals surface area contributed by atoms with Gasteiger partial charge in [0.05, 0.1) is 6.10 Å². The van der Waals surface area contributed by atoms with Crippen LogP contribution in [-0.4, -0.2) is 11.4 Å². The highest BCUT2D eigenvalue weighted by molar-refractivity contribution is 9.09. The van der Waals surface area contributed by atoms with Crippen molar-refractivity contribution in [1.82, 2.24) is 0 Å². The van der Waals surface area contributed by atoms with Crippen molar-refractivity contribution in [1.29, 1.82) is 0 Å². The van der Waals surface area contributed by atoms with Gasteiger partial charge in [-0.3, -0.25) is 0 Å². The minimum absolute atomic E-state index is 0.317. The molecule has 0 aliphatic rings. The Labute approximate surface area is 101 Å². The van der Waals surface area contributed by atoms with Crippen LogP contribution in [0.2, 0.25) is 0 Å². The zero-order valence-corrected chi connectivity index (χ0v) is 11.1. The second-order valence-electron chi connectivity index (χ2n) is 3.80. The molecular weight excluding hydrogens is 252 g/mol. The van der Waals surface area contributed by atoms with Crippen molar-refractivity contribution >= 4 is 15.9 Å². The van der Waals surface area contributed by atoms with Crippen molar-refractivity contribution in [2.24, 2.45) is 0 Å². The fourth-order valence-electron chi connectivity index (χ4n) is 1.54. The molecule has 84 valence electrons. The molecule has 0 radical (unpaired) electrons. The molecule has 0 fully saturated rings. The lowest BCUT2D eigenvalue weighted by Gasteiger charge is -2.13. The third-order valence-electron chi connectivity index (χ3n) is 2.34. The highest BCUT2D eigenvalue weighted by Crippen LogP contribution is 2.16. The molecule has 0 heterocycles. The number of halogens is 1. The van der Waals surface area contributed by atoms with E-state index in [4.69, 9.17) is 4.74 Å². The highest BCUT2D eigenvalue weighted by atomic mass is 79.9. The third-order valence-corrected chi connectivity index (χ3v) is 2.74. The zero-order valence-electron chi connectivity index (χ0n) is 9.50. The van der Waals surface area contributed by atoms with Gasteiger partial charge in [-0.15, -0.1) is 0 Å². The normalized spacial score (nSPS) is 12.5. The first kappa shape index (κ1) is 12.6. The Bertz CT molecular complexity index is 268. The predicted molar refractivity (Wildman–Crippen MR) is 68.9 cm³/mol. The fourth-order valence-corrected chi connectivity index (χ4v) is 2.00. The maximum absolute atomic E-state index is 5.78. The molecule has 0 N–H and O–H groups in total. The van der Waals surface area contributed by atoms with Crippen LogP contribution in [0.25, 0.3) is 0 Å². The minimum Gasteiger partial charge on any atom is -0.491 e. The quantitative estimate of drug-likeness (QED) is 0.705. The molecule has 0 aliphatic heterocycles. The molecule has 0 spiro atoms. The van der Waals surface area contributed by atoms with E-state index in [9.17, 15) is 0 Å². The van der Waals surface area contributed by atoms with Gasteiger partial charge in [-0.2, -0.15) is 0 Å². The molecular formula is C13H19BrO. The summed E-state index contributed by atoms with van der Waals surface area (Å²) in [5.41, 5.74) is 1.35. The van der Waals surface area contributed by atoms with Gasteiger partial charge in [-0.05, 0) is 37.5 Å². The highest BCUT2D eigenvalue weighted by Gasteiger charge is 2.02. The van der Waals surface area contributed by atoms with Crippen LogP contribution >= 0.6 is 15.9 Å². The van der Waals surface area contributed by atoms with Crippen LogP contribution in [0.5, 0.6) is 5.75 Å². The predicted octanol–water partition coefficient (Wildman–Crippen LogP) is 4.19. The average molecular weight is 271 g/mol. The maximum atomic E-state index is 5.78. The van der Waals surface area contributed by atoms with E-state index in [1.54, 1.807) is 0 Å². The molecule has 1 unspecified atom stereocenters. The van der Waals surface area contributed by atoms with Crippen LogP contribution in [0.1, 0.15) is 32.3 Å². The van der Waals surface area contributed by atoms with Crippen LogP contribution in [0, 0.1) is 0 Å². The summed E-state index contributed by atoms with van der Waals surface area (Å²) >= 11 is 3.43. The van der Waals surface area contributed by atoms with Gasteiger partial charge < -0.3 is 4.74 Å². The first-order chi connectivity index (χ1) is 7.26. The van der Waals surface area contributed by atoms with E-state index in [1.807, 2.05) is 0 Å². The van der Waals surface area contributed by atoms with Crippen molar-refractivity contribution < 1.29 is 4.74 Å². The van der Waals surface area contributed by atoms with Gasteiger partial charge in [-0.1, -0.05) is 41.4 Å². The summed E-state index contributed by atoms with van der Waals surface area (Å²) in [6.45, 7) is 4.30. The van der Waals surface area contributed by atoms with Gasteiger partial charge in [0.25, 0.3) is 0 Å².